The standard InChI is InChI=1S/C16H23N5/c1-11(2)16-19-14(17-3)10-15(20-16)18-12-6-8-13(9-7-12)21(4)5/h6-11H,1-5H3,(H2,17,18,19,20). The Labute approximate surface area is 126 Å². The van der Waals surface area contributed by atoms with Gasteiger partial charge in [0, 0.05) is 44.5 Å². The molecule has 0 unspecified atom stereocenters. The fourth-order valence-electron chi connectivity index (χ4n) is 1.91. The monoisotopic (exact) mass is 285 g/mol. The summed E-state index contributed by atoms with van der Waals surface area (Å²) in [6.07, 6.45) is 0. The molecule has 5 heteroatoms. The third kappa shape index (κ3) is 3.84. The van der Waals surface area contributed by atoms with Gasteiger partial charge >= 0.3 is 0 Å². The molecule has 0 amide bonds. The van der Waals surface area contributed by atoms with Gasteiger partial charge in [0.2, 0.25) is 0 Å². The number of anilines is 4. The lowest BCUT2D eigenvalue weighted by Gasteiger charge is -2.14. The van der Waals surface area contributed by atoms with E-state index < -0.39 is 0 Å². The zero-order valence-electron chi connectivity index (χ0n) is 13.3. The molecule has 2 N–H and O–H groups in total. The summed E-state index contributed by atoms with van der Waals surface area (Å²) in [5.74, 6) is 2.74. The predicted molar refractivity (Wildman–Crippen MR) is 89.7 cm³/mol. The Morgan fingerprint density at radius 1 is 1.00 bits per heavy atom. The Kier molecular flexibility index (Phi) is 4.62. The summed E-state index contributed by atoms with van der Waals surface area (Å²) in [5.41, 5.74) is 2.18. The highest BCUT2D eigenvalue weighted by Gasteiger charge is 2.07. The number of nitrogens with one attached hydrogen (secondary N) is 2. The zero-order valence-corrected chi connectivity index (χ0v) is 13.3. The number of benzene rings is 1. The molecule has 0 fully saturated rings. The molecule has 1 heterocycles. The van der Waals surface area contributed by atoms with E-state index in [1.165, 1.54) is 5.69 Å². The van der Waals surface area contributed by atoms with E-state index in [0.717, 1.165) is 23.1 Å². The molecule has 0 spiro atoms. The van der Waals surface area contributed by atoms with Gasteiger partial charge in [-0.05, 0) is 24.3 Å². The van der Waals surface area contributed by atoms with Gasteiger partial charge in [-0.3, -0.25) is 0 Å². The number of hydrogen-bond donors (Lipinski definition) is 2. The van der Waals surface area contributed by atoms with Crippen LogP contribution in [0.5, 0.6) is 0 Å². The maximum absolute atomic E-state index is 4.56. The van der Waals surface area contributed by atoms with E-state index in [0.29, 0.717) is 0 Å². The molecule has 0 aliphatic heterocycles. The fraction of sp³-hybridized carbons (Fsp3) is 0.375. The Bertz CT molecular complexity index is 590. The molecule has 0 saturated carbocycles. The fourth-order valence-corrected chi connectivity index (χ4v) is 1.91. The SMILES string of the molecule is CNc1cc(Nc2ccc(N(C)C)cc2)nc(C(C)C)n1. The van der Waals surface area contributed by atoms with Gasteiger partial charge in [0.1, 0.15) is 17.5 Å². The predicted octanol–water partition coefficient (Wildman–Crippen LogP) is 3.45. The van der Waals surface area contributed by atoms with Crippen molar-refractivity contribution in [2.24, 2.45) is 0 Å². The maximum atomic E-state index is 4.56. The van der Waals surface area contributed by atoms with Gasteiger partial charge in [-0.25, -0.2) is 9.97 Å². The van der Waals surface area contributed by atoms with Crippen LogP contribution in [0.1, 0.15) is 25.6 Å². The second-order valence-corrected chi connectivity index (χ2v) is 5.47. The zero-order chi connectivity index (χ0) is 15.4. The lowest BCUT2D eigenvalue weighted by Crippen LogP contribution is -2.08. The van der Waals surface area contributed by atoms with Gasteiger partial charge in [0.25, 0.3) is 0 Å². The quantitative estimate of drug-likeness (QED) is 0.881. The van der Waals surface area contributed by atoms with Crippen LogP contribution in [0.2, 0.25) is 0 Å². The first-order valence-electron chi connectivity index (χ1n) is 7.10. The molecule has 112 valence electrons. The van der Waals surface area contributed by atoms with Crippen LogP contribution < -0.4 is 15.5 Å². The van der Waals surface area contributed by atoms with Gasteiger partial charge in [0.05, 0.1) is 0 Å². The highest BCUT2D eigenvalue weighted by Crippen LogP contribution is 2.22. The number of hydrogen-bond acceptors (Lipinski definition) is 5. The minimum atomic E-state index is 0.287. The van der Waals surface area contributed by atoms with E-state index in [9.17, 15) is 0 Å². The van der Waals surface area contributed by atoms with Crippen LogP contribution in [0.25, 0.3) is 0 Å². The first-order valence-corrected chi connectivity index (χ1v) is 7.10. The van der Waals surface area contributed by atoms with Crippen molar-refractivity contribution in [1.82, 2.24) is 9.97 Å². The van der Waals surface area contributed by atoms with Crippen molar-refractivity contribution < 1.29 is 0 Å². The minimum absolute atomic E-state index is 0.287. The second kappa shape index (κ2) is 6.43. The number of aromatic nitrogens is 2. The average molecular weight is 285 g/mol. The lowest BCUT2D eigenvalue weighted by molar-refractivity contribution is 0.778. The van der Waals surface area contributed by atoms with Crippen molar-refractivity contribution in [1.29, 1.82) is 0 Å². The highest BCUT2D eigenvalue weighted by molar-refractivity contribution is 5.62. The van der Waals surface area contributed by atoms with E-state index in [1.807, 2.05) is 39.3 Å². The molecular formula is C16H23N5. The highest BCUT2D eigenvalue weighted by atomic mass is 15.1. The number of rotatable bonds is 5. The van der Waals surface area contributed by atoms with Crippen molar-refractivity contribution in [3.8, 4) is 0 Å². The van der Waals surface area contributed by atoms with Crippen molar-refractivity contribution in [3.05, 3.63) is 36.2 Å². The summed E-state index contributed by atoms with van der Waals surface area (Å²) in [7, 11) is 5.92. The molecule has 0 aliphatic rings. The third-order valence-corrected chi connectivity index (χ3v) is 3.17. The van der Waals surface area contributed by atoms with Crippen molar-refractivity contribution >= 4 is 23.0 Å². The molecule has 21 heavy (non-hydrogen) atoms. The minimum Gasteiger partial charge on any atom is -0.378 e. The molecule has 0 radical (unpaired) electrons. The van der Waals surface area contributed by atoms with Crippen molar-refractivity contribution in [3.63, 3.8) is 0 Å². The first-order chi connectivity index (χ1) is 9.99. The van der Waals surface area contributed by atoms with Crippen LogP contribution in [-0.2, 0) is 0 Å². The maximum Gasteiger partial charge on any atom is 0.136 e. The molecule has 2 rings (SSSR count). The van der Waals surface area contributed by atoms with Crippen LogP contribution in [0.15, 0.2) is 30.3 Å². The Morgan fingerprint density at radius 3 is 2.14 bits per heavy atom. The summed E-state index contributed by atoms with van der Waals surface area (Å²) < 4.78 is 0. The Hall–Kier alpha value is -2.30. The Morgan fingerprint density at radius 2 is 1.62 bits per heavy atom. The largest absolute Gasteiger partial charge is 0.378 e. The average Bonchev–Trinajstić information content (AvgIpc) is 2.47. The molecule has 5 nitrogen and oxygen atoms in total. The topological polar surface area (TPSA) is 53.1 Å². The number of nitrogens with zero attached hydrogens (tertiary/aromatic N) is 3. The van der Waals surface area contributed by atoms with E-state index in [2.05, 4.69) is 51.5 Å². The lowest BCUT2D eigenvalue weighted by atomic mass is 10.2. The van der Waals surface area contributed by atoms with Gasteiger partial charge < -0.3 is 15.5 Å². The van der Waals surface area contributed by atoms with Crippen LogP contribution in [0.4, 0.5) is 23.0 Å². The molecule has 1 aromatic heterocycles. The molecule has 2 aromatic rings. The van der Waals surface area contributed by atoms with Crippen LogP contribution >= 0.6 is 0 Å². The third-order valence-electron chi connectivity index (χ3n) is 3.17. The molecule has 0 bridgehead atoms. The van der Waals surface area contributed by atoms with Gasteiger partial charge in [-0.15, -0.1) is 0 Å². The Balaban J connectivity index is 2.24. The summed E-state index contributed by atoms with van der Waals surface area (Å²) >= 11 is 0. The van der Waals surface area contributed by atoms with Crippen molar-refractivity contribution in [2.75, 3.05) is 36.7 Å². The molecular weight excluding hydrogens is 262 g/mol. The van der Waals surface area contributed by atoms with Crippen LogP contribution in [0.3, 0.4) is 0 Å². The normalized spacial score (nSPS) is 10.6. The van der Waals surface area contributed by atoms with Crippen molar-refractivity contribution in [2.45, 2.75) is 19.8 Å². The van der Waals surface area contributed by atoms with E-state index in [4.69, 9.17) is 0 Å². The molecule has 0 atom stereocenters. The molecule has 0 saturated heterocycles. The van der Waals surface area contributed by atoms with E-state index in [1.54, 1.807) is 0 Å². The summed E-state index contributed by atoms with van der Waals surface area (Å²) in [4.78, 5) is 11.1. The summed E-state index contributed by atoms with van der Waals surface area (Å²) in [6, 6.07) is 10.2. The molecule has 1 aromatic carbocycles. The van der Waals surface area contributed by atoms with Gasteiger partial charge in [-0.2, -0.15) is 0 Å². The summed E-state index contributed by atoms with van der Waals surface area (Å²) in [5, 5.41) is 6.41. The van der Waals surface area contributed by atoms with Crippen LogP contribution in [0, 0.1) is 0 Å². The smallest absolute Gasteiger partial charge is 0.136 e. The van der Waals surface area contributed by atoms with E-state index in [-0.39, 0.29) is 5.92 Å². The first kappa shape index (κ1) is 15.1. The van der Waals surface area contributed by atoms with E-state index >= 15 is 0 Å². The summed E-state index contributed by atoms with van der Waals surface area (Å²) in [6.45, 7) is 4.18. The second-order valence-electron chi connectivity index (χ2n) is 5.47. The van der Waals surface area contributed by atoms with Gasteiger partial charge in [-0.1, -0.05) is 13.8 Å². The molecule has 0 aliphatic carbocycles. The van der Waals surface area contributed by atoms with Gasteiger partial charge in [0.15, 0.2) is 0 Å². The van der Waals surface area contributed by atoms with Crippen LogP contribution in [-0.4, -0.2) is 31.1 Å².